The molecule has 0 saturated carbocycles. The minimum absolute atomic E-state index is 0.937. The number of benzene rings is 1. The zero-order valence-electron chi connectivity index (χ0n) is 9.93. The van der Waals surface area contributed by atoms with Crippen molar-refractivity contribution in [2.75, 3.05) is 17.6 Å². The average Bonchev–Trinajstić information content (AvgIpc) is 2.71. The van der Waals surface area contributed by atoms with Gasteiger partial charge in [0.15, 0.2) is 4.34 Å². The van der Waals surface area contributed by atoms with Gasteiger partial charge in [-0.2, -0.15) is 0 Å². The lowest BCUT2D eigenvalue weighted by molar-refractivity contribution is 0.983. The summed E-state index contributed by atoms with van der Waals surface area (Å²) in [5, 5.41) is 12.5. The predicted octanol–water partition coefficient (Wildman–Crippen LogP) is 3.36. The van der Waals surface area contributed by atoms with Gasteiger partial charge in [-0.05, 0) is 31.5 Å². The zero-order chi connectivity index (χ0) is 12.1. The van der Waals surface area contributed by atoms with Crippen molar-refractivity contribution >= 4 is 28.8 Å². The van der Waals surface area contributed by atoms with Gasteiger partial charge in [0, 0.05) is 18.0 Å². The summed E-state index contributed by atoms with van der Waals surface area (Å²) in [5.74, 6) is 1.00. The smallest absolute Gasteiger partial charge is 0.174 e. The molecule has 1 aromatic heterocycles. The van der Waals surface area contributed by atoms with E-state index in [1.54, 1.807) is 23.1 Å². The molecule has 17 heavy (non-hydrogen) atoms. The molecule has 2 rings (SSSR count). The Kier molecular flexibility index (Phi) is 4.39. The van der Waals surface area contributed by atoms with Gasteiger partial charge in [0.25, 0.3) is 0 Å². The van der Waals surface area contributed by atoms with Crippen molar-refractivity contribution in [1.82, 2.24) is 10.2 Å². The van der Waals surface area contributed by atoms with Crippen LogP contribution in [0.1, 0.15) is 10.6 Å². The summed E-state index contributed by atoms with van der Waals surface area (Å²) < 4.78 is 1.05. The van der Waals surface area contributed by atoms with Crippen molar-refractivity contribution in [3.63, 3.8) is 0 Å². The van der Waals surface area contributed by atoms with Gasteiger partial charge in [-0.1, -0.05) is 35.2 Å². The van der Waals surface area contributed by atoms with Crippen molar-refractivity contribution in [3.8, 4) is 0 Å². The third kappa shape index (κ3) is 4.02. The number of aromatic nitrogens is 2. The van der Waals surface area contributed by atoms with Gasteiger partial charge in [-0.25, -0.2) is 0 Å². The molecule has 2 aromatic rings. The summed E-state index contributed by atoms with van der Waals surface area (Å²) in [7, 11) is 0. The number of anilines is 1. The first kappa shape index (κ1) is 12.4. The second kappa shape index (κ2) is 6.02. The molecule has 0 unspecified atom stereocenters. The number of hydrogen-bond donors (Lipinski definition) is 1. The summed E-state index contributed by atoms with van der Waals surface area (Å²) >= 11 is 3.40. The number of nitrogens with one attached hydrogen (secondary N) is 1. The fraction of sp³-hybridized carbons (Fsp3) is 0.333. The van der Waals surface area contributed by atoms with E-state index in [2.05, 4.69) is 46.7 Å². The minimum Gasteiger partial charge on any atom is -0.384 e. The fourth-order valence-corrected chi connectivity index (χ4v) is 3.17. The molecule has 0 radical (unpaired) electrons. The SMILES string of the molecule is Cc1cccc(NCCSc2nnc(C)s2)c1. The van der Waals surface area contributed by atoms with Crippen LogP contribution in [-0.4, -0.2) is 22.5 Å². The molecule has 0 amide bonds. The van der Waals surface area contributed by atoms with Gasteiger partial charge in [0.2, 0.25) is 0 Å². The number of thioether (sulfide) groups is 1. The topological polar surface area (TPSA) is 37.8 Å². The second-order valence-electron chi connectivity index (χ2n) is 3.73. The maximum absolute atomic E-state index is 4.08. The molecular formula is C12H15N3S2. The van der Waals surface area contributed by atoms with E-state index in [1.807, 2.05) is 6.92 Å². The minimum atomic E-state index is 0.937. The first-order chi connectivity index (χ1) is 8.24. The highest BCUT2D eigenvalue weighted by Gasteiger charge is 2.00. The molecule has 1 N–H and O–H groups in total. The summed E-state index contributed by atoms with van der Waals surface area (Å²) in [6, 6.07) is 8.41. The Bertz CT molecular complexity index is 482. The van der Waals surface area contributed by atoms with Crippen molar-refractivity contribution in [3.05, 3.63) is 34.8 Å². The number of nitrogens with zero attached hydrogens (tertiary/aromatic N) is 2. The highest BCUT2D eigenvalue weighted by Crippen LogP contribution is 2.21. The van der Waals surface area contributed by atoms with E-state index in [9.17, 15) is 0 Å². The number of rotatable bonds is 5. The second-order valence-corrected chi connectivity index (χ2v) is 6.26. The first-order valence-electron chi connectivity index (χ1n) is 5.47. The standard InChI is InChI=1S/C12H15N3S2/c1-9-4-3-5-11(8-9)13-6-7-16-12-15-14-10(2)17-12/h3-5,8,13H,6-7H2,1-2H3. The lowest BCUT2D eigenvalue weighted by atomic mass is 10.2. The van der Waals surface area contributed by atoms with Crippen LogP contribution in [-0.2, 0) is 0 Å². The monoisotopic (exact) mass is 265 g/mol. The molecule has 0 bridgehead atoms. The molecule has 1 aromatic carbocycles. The molecule has 5 heteroatoms. The lowest BCUT2D eigenvalue weighted by Gasteiger charge is -2.05. The molecule has 0 atom stereocenters. The van der Waals surface area contributed by atoms with Gasteiger partial charge in [-0.3, -0.25) is 0 Å². The predicted molar refractivity (Wildman–Crippen MR) is 75.0 cm³/mol. The summed E-state index contributed by atoms with van der Waals surface area (Å²) in [6.45, 7) is 5.02. The Morgan fingerprint density at radius 1 is 1.29 bits per heavy atom. The van der Waals surface area contributed by atoms with E-state index in [0.717, 1.165) is 21.6 Å². The summed E-state index contributed by atoms with van der Waals surface area (Å²) in [5.41, 5.74) is 2.46. The van der Waals surface area contributed by atoms with Gasteiger partial charge in [0.1, 0.15) is 5.01 Å². The van der Waals surface area contributed by atoms with Crippen LogP contribution in [0.25, 0.3) is 0 Å². The van der Waals surface area contributed by atoms with Crippen LogP contribution in [0.15, 0.2) is 28.6 Å². The molecule has 1 heterocycles. The van der Waals surface area contributed by atoms with Crippen LogP contribution < -0.4 is 5.32 Å². The number of hydrogen-bond acceptors (Lipinski definition) is 5. The van der Waals surface area contributed by atoms with Crippen LogP contribution >= 0.6 is 23.1 Å². The van der Waals surface area contributed by atoms with E-state index < -0.39 is 0 Å². The van der Waals surface area contributed by atoms with Crippen molar-refractivity contribution in [2.45, 2.75) is 18.2 Å². The van der Waals surface area contributed by atoms with Crippen LogP contribution in [0.3, 0.4) is 0 Å². The maximum atomic E-state index is 4.08. The Morgan fingerprint density at radius 3 is 2.88 bits per heavy atom. The van der Waals surface area contributed by atoms with Crippen molar-refractivity contribution in [2.24, 2.45) is 0 Å². The quantitative estimate of drug-likeness (QED) is 0.664. The molecular weight excluding hydrogens is 250 g/mol. The van der Waals surface area contributed by atoms with Gasteiger partial charge < -0.3 is 5.32 Å². The molecule has 3 nitrogen and oxygen atoms in total. The Morgan fingerprint density at radius 2 is 2.18 bits per heavy atom. The van der Waals surface area contributed by atoms with Crippen LogP contribution in [0.2, 0.25) is 0 Å². The summed E-state index contributed by atoms with van der Waals surface area (Å²) in [4.78, 5) is 0. The van der Waals surface area contributed by atoms with Gasteiger partial charge >= 0.3 is 0 Å². The van der Waals surface area contributed by atoms with Crippen LogP contribution in [0, 0.1) is 13.8 Å². The first-order valence-corrected chi connectivity index (χ1v) is 7.28. The Labute approximate surface area is 110 Å². The van der Waals surface area contributed by atoms with Gasteiger partial charge in [0.05, 0.1) is 0 Å². The molecule has 0 saturated heterocycles. The Hall–Kier alpha value is -1.07. The average molecular weight is 265 g/mol. The highest BCUT2D eigenvalue weighted by molar-refractivity contribution is 8.01. The molecule has 0 aliphatic heterocycles. The Balaban J connectivity index is 1.73. The van der Waals surface area contributed by atoms with E-state index in [4.69, 9.17) is 0 Å². The van der Waals surface area contributed by atoms with E-state index in [1.165, 1.54) is 11.3 Å². The van der Waals surface area contributed by atoms with E-state index >= 15 is 0 Å². The van der Waals surface area contributed by atoms with E-state index in [0.29, 0.717) is 0 Å². The molecule has 0 spiro atoms. The van der Waals surface area contributed by atoms with Crippen molar-refractivity contribution < 1.29 is 0 Å². The molecule has 90 valence electrons. The third-order valence-corrected chi connectivity index (χ3v) is 4.16. The molecule has 0 fully saturated rings. The van der Waals surface area contributed by atoms with Crippen LogP contribution in [0.4, 0.5) is 5.69 Å². The van der Waals surface area contributed by atoms with Crippen LogP contribution in [0.5, 0.6) is 0 Å². The largest absolute Gasteiger partial charge is 0.384 e. The number of aryl methyl sites for hydroxylation is 2. The normalized spacial score (nSPS) is 10.5. The third-order valence-electron chi connectivity index (χ3n) is 2.18. The zero-order valence-corrected chi connectivity index (χ0v) is 11.6. The molecule has 0 aliphatic carbocycles. The van der Waals surface area contributed by atoms with Crippen molar-refractivity contribution in [1.29, 1.82) is 0 Å². The van der Waals surface area contributed by atoms with Gasteiger partial charge in [-0.15, -0.1) is 10.2 Å². The summed E-state index contributed by atoms with van der Waals surface area (Å²) in [6.07, 6.45) is 0. The molecule has 0 aliphatic rings. The highest BCUT2D eigenvalue weighted by atomic mass is 32.2. The fourth-order valence-electron chi connectivity index (χ4n) is 1.43. The maximum Gasteiger partial charge on any atom is 0.174 e. The van der Waals surface area contributed by atoms with E-state index in [-0.39, 0.29) is 0 Å². The lowest BCUT2D eigenvalue weighted by Crippen LogP contribution is -2.03.